The Bertz CT molecular complexity index is 439. The Labute approximate surface area is 121 Å². The number of hydrogen-bond donors (Lipinski definition) is 1. The van der Waals surface area contributed by atoms with E-state index in [2.05, 4.69) is 22.1 Å². The first kappa shape index (κ1) is 14.8. The number of carbonyl (C=O) groups excluding carboxylic acids is 1. The summed E-state index contributed by atoms with van der Waals surface area (Å²) in [7, 11) is 0. The predicted molar refractivity (Wildman–Crippen MR) is 82.1 cm³/mol. The molecule has 1 aromatic rings. The molecule has 0 aromatic carbocycles. The van der Waals surface area contributed by atoms with Gasteiger partial charge in [0.2, 0.25) is 0 Å². The van der Waals surface area contributed by atoms with Crippen LogP contribution in [0.25, 0.3) is 0 Å². The first-order valence-corrected chi connectivity index (χ1v) is 7.71. The second-order valence-electron chi connectivity index (χ2n) is 5.62. The third-order valence-electron chi connectivity index (χ3n) is 3.95. The molecule has 1 aromatic heterocycles. The fourth-order valence-electron chi connectivity index (χ4n) is 2.46. The van der Waals surface area contributed by atoms with Gasteiger partial charge < -0.3 is 10.2 Å². The van der Waals surface area contributed by atoms with E-state index in [0.29, 0.717) is 5.56 Å². The maximum atomic E-state index is 12.1. The van der Waals surface area contributed by atoms with Crippen LogP contribution in [0.5, 0.6) is 0 Å². The Kier molecular flexibility index (Phi) is 5.39. The van der Waals surface area contributed by atoms with E-state index in [9.17, 15) is 4.79 Å². The number of anilines is 1. The molecule has 4 heteroatoms. The van der Waals surface area contributed by atoms with Crippen molar-refractivity contribution in [3.05, 3.63) is 24.0 Å². The van der Waals surface area contributed by atoms with Gasteiger partial charge in [0, 0.05) is 25.3 Å². The first-order valence-electron chi connectivity index (χ1n) is 7.71. The van der Waals surface area contributed by atoms with Crippen molar-refractivity contribution in [3.8, 4) is 0 Å². The normalized spacial score (nSPS) is 17.4. The van der Waals surface area contributed by atoms with Gasteiger partial charge in [-0.1, -0.05) is 19.8 Å². The van der Waals surface area contributed by atoms with Gasteiger partial charge in [0.05, 0.1) is 17.4 Å². The van der Waals surface area contributed by atoms with Crippen LogP contribution in [-0.4, -0.2) is 30.0 Å². The average Bonchev–Trinajstić information content (AvgIpc) is 2.76. The molecule has 1 saturated heterocycles. The summed E-state index contributed by atoms with van der Waals surface area (Å²) in [5, 5.41) is 2.99. The van der Waals surface area contributed by atoms with Crippen LogP contribution in [0.2, 0.25) is 0 Å². The lowest BCUT2D eigenvalue weighted by Crippen LogP contribution is -2.32. The lowest BCUT2D eigenvalue weighted by atomic mass is 10.2. The number of nitrogens with one attached hydrogen (secondary N) is 1. The Hall–Kier alpha value is -1.58. The summed E-state index contributed by atoms with van der Waals surface area (Å²) in [6.45, 7) is 6.22. The second kappa shape index (κ2) is 7.27. The maximum absolute atomic E-state index is 12.1. The molecule has 4 nitrogen and oxygen atoms in total. The van der Waals surface area contributed by atoms with Crippen molar-refractivity contribution in [2.75, 3.05) is 18.0 Å². The highest BCUT2D eigenvalue weighted by atomic mass is 16.1. The zero-order chi connectivity index (χ0) is 14.4. The molecule has 1 unspecified atom stereocenters. The minimum absolute atomic E-state index is 0.0245. The monoisotopic (exact) mass is 275 g/mol. The molecule has 2 rings (SSSR count). The highest BCUT2D eigenvalue weighted by Gasteiger charge is 2.14. The summed E-state index contributed by atoms with van der Waals surface area (Å²) < 4.78 is 0. The summed E-state index contributed by atoms with van der Waals surface area (Å²) in [4.78, 5) is 18.7. The Morgan fingerprint density at radius 1 is 1.30 bits per heavy atom. The predicted octanol–water partition coefficient (Wildman–Crippen LogP) is 2.99. The van der Waals surface area contributed by atoms with Gasteiger partial charge in [-0.2, -0.15) is 0 Å². The van der Waals surface area contributed by atoms with Crippen LogP contribution in [0, 0.1) is 0 Å². The summed E-state index contributed by atoms with van der Waals surface area (Å²) in [6, 6.07) is 2.17. The summed E-state index contributed by atoms with van der Waals surface area (Å²) in [6.07, 6.45) is 9.51. The van der Waals surface area contributed by atoms with Crippen molar-refractivity contribution in [3.63, 3.8) is 0 Å². The van der Waals surface area contributed by atoms with Gasteiger partial charge >= 0.3 is 0 Å². The molecular weight excluding hydrogens is 250 g/mol. The third-order valence-corrected chi connectivity index (χ3v) is 3.95. The number of carbonyl (C=O) groups is 1. The largest absolute Gasteiger partial charge is 0.370 e. The fraction of sp³-hybridized carbons (Fsp3) is 0.625. The van der Waals surface area contributed by atoms with Crippen molar-refractivity contribution in [2.24, 2.45) is 0 Å². The highest BCUT2D eigenvalue weighted by Crippen LogP contribution is 2.19. The maximum Gasteiger partial charge on any atom is 0.253 e. The van der Waals surface area contributed by atoms with Crippen molar-refractivity contribution < 1.29 is 4.79 Å². The van der Waals surface area contributed by atoms with Gasteiger partial charge in [-0.3, -0.25) is 9.78 Å². The lowest BCUT2D eigenvalue weighted by molar-refractivity contribution is 0.0939. The molecule has 1 aliphatic rings. The molecule has 20 heavy (non-hydrogen) atoms. The molecule has 1 aliphatic heterocycles. The number of amides is 1. The third kappa shape index (κ3) is 3.95. The summed E-state index contributed by atoms with van der Waals surface area (Å²) in [5.74, 6) is -0.0245. The standard InChI is InChI=1S/C16H25N3O/c1-3-13(2)18-16(20)14-10-15(12-17-11-14)19-8-6-4-5-7-9-19/h10-13H,3-9H2,1-2H3,(H,18,20). The van der Waals surface area contributed by atoms with Gasteiger partial charge in [0.1, 0.15) is 0 Å². The average molecular weight is 275 g/mol. The van der Waals surface area contributed by atoms with Crippen molar-refractivity contribution >= 4 is 11.6 Å². The van der Waals surface area contributed by atoms with E-state index in [-0.39, 0.29) is 11.9 Å². The van der Waals surface area contributed by atoms with Gasteiger partial charge in [-0.25, -0.2) is 0 Å². The molecular formula is C16H25N3O. The van der Waals surface area contributed by atoms with E-state index in [4.69, 9.17) is 0 Å². The molecule has 1 fully saturated rings. The van der Waals surface area contributed by atoms with Crippen LogP contribution in [-0.2, 0) is 0 Å². The van der Waals surface area contributed by atoms with Crippen LogP contribution in [0.1, 0.15) is 56.3 Å². The van der Waals surface area contributed by atoms with E-state index in [1.807, 2.05) is 19.2 Å². The zero-order valence-corrected chi connectivity index (χ0v) is 12.6. The zero-order valence-electron chi connectivity index (χ0n) is 12.6. The molecule has 0 radical (unpaired) electrons. The molecule has 0 spiro atoms. The lowest BCUT2D eigenvalue weighted by Gasteiger charge is -2.22. The summed E-state index contributed by atoms with van der Waals surface area (Å²) in [5.41, 5.74) is 1.73. The van der Waals surface area contributed by atoms with Crippen molar-refractivity contribution in [1.82, 2.24) is 10.3 Å². The highest BCUT2D eigenvalue weighted by molar-refractivity contribution is 5.94. The van der Waals surface area contributed by atoms with Gasteiger partial charge in [0.25, 0.3) is 5.91 Å². The number of pyridine rings is 1. The van der Waals surface area contributed by atoms with Crippen LogP contribution in [0.4, 0.5) is 5.69 Å². The molecule has 0 aliphatic carbocycles. The Balaban J connectivity index is 2.08. The number of aromatic nitrogens is 1. The minimum Gasteiger partial charge on any atom is -0.370 e. The van der Waals surface area contributed by atoms with Gasteiger partial charge in [-0.15, -0.1) is 0 Å². The molecule has 1 N–H and O–H groups in total. The SMILES string of the molecule is CCC(C)NC(=O)c1cncc(N2CCCCCC2)c1. The van der Waals surface area contributed by atoms with E-state index in [1.165, 1.54) is 25.7 Å². The van der Waals surface area contributed by atoms with Gasteiger partial charge in [-0.05, 0) is 32.3 Å². The number of rotatable bonds is 4. The van der Waals surface area contributed by atoms with Crippen LogP contribution in [0.15, 0.2) is 18.5 Å². The van der Waals surface area contributed by atoms with E-state index >= 15 is 0 Å². The van der Waals surface area contributed by atoms with Crippen molar-refractivity contribution in [1.29, 1.82) is 0 Å². The van der Waals surface area contributed by atoms with Crippen LogP contribution < -0.4 is 10.2 Å². The second-order valence-corrected chi connectivity index (χ2v) is 5.62. The number of hydrogen-bond acceptors (Lipinski definition) is 3. The molecule has 0 bridgehead atoms. The van der Waals surface area contributed by atoms with E-state index < -0.39 is 0 Å². The van der Waals surface area contributed by atoms with Crippen molar-refractivity contribution in [2.45, 2.75) is 52.0 Å². The van der Waals surface area contributed by atoms with E-state index in [1.54, 1.807) is 6.20 Å². The van der Waals surface area contributed by atoms with Crippen LogP contribution in [0.3, 0.4) is 0 Å². The van der Waals surface area contributed by atoms with Crippen LogP contribution >= 0.6 is 0 Å². The smallest absolute Gasteiger partial charge is 0.253 e. The molecule has 1 atom stereocenters. The molecule has 1 amide bonds. The first-order chi connectivity index (χ1) is 9.70. The van der Waals surface area contributed by atoms with Gasteiger partial charge in [0.15, 0.2) is 0 Å². The molecule has 0 saturated carbocycles. The topological polar surface area (TPSA) is 45.2 Å². The quantitative estimate of drug-likeness (QED) is 0.918. The Morgan fingerprint density at radius 2 is 2.00 bits per heavy atom. The summed E-state index contributed by atoms with van der Waals surface area (Å²) >= 11 is 0. The Morgan fingerprint density at radius 3 is 2.65 bits per heavy atom. The minimum atomic E-state index is -0.0245. The van der Waals surface area contributed by atoms with E-state index in [0.717, 1.165) is 25.2 Å². The molecule has 110 valence electrons. The molecule has 2 heterocycles. The fourth-order valence-corrected chi connectivity index (χ4v) is 2.46. The number of nitrogens with zero attached hydrogens (tertiary/aromatic N) is 2.